The molecule has 6 heteroatoms. The molecule has 6 nitrogen and oxygen atoms in total. The summed E-state index contributed by atoms with van der Waals surface area (Å²) in [5.74, 6) is 0.188. The van der Waals surface area contributed by atoms with Gasteiger partial charge in [-0.05, 0) is 19.3 Å². The Morgan fingerprint density at radius 3 is 2.84 bits per heavy atom. The van der Waals surface area contributed by atoms with E-state index < -0.39 is 0 Å². The Morgan fingerprint density at radius 1 is 1.32 bits per heavy atom. The first-order valence-corrected chi connectivity index (χ1v) is 6.99. The third kappa shape index (κ3) is 5.44. The van der Waals surface area contributed by atoms with Gasteiger partial charge in [0.1, 0.15) is 6.61 Å². The summed E-state index contributed by atoms with van der Waals surface area (Å²) < 4.78 is 16.5. The minimum atomic E-state index is -0.0600. The molecular formula is C13H24N2O4. The van der Waals surface area contributed by atoms with Crippen LogP contribution in [0.15, 0.2) is 5.16 Å². The Kier molecular flexibility index (Phi) is 6.56. The molecule has 2 atom stereocenters. The molecule has 0 aromatic heterocycles. The van der Waals surface area contributed by atoms with Crippen molar-refractivity contribution in [2.45, 2.75) is 25.6 Å². The van der Waals surface area contributed by atoms with Crippen LogP contribution >= 0.6 is 0 Å². The molecule has 2 fully saturated rings. The molecule has 2 unspecified atom stereocenters. The van der Waals surface area contributed by atoms with Crippen LogP contribution in [-0.4, -0.2) is 58.6 Å². The monoisotopic (exact) mass is 272 g/mol. The van der Waals surface area contributed by atoms with Crippen molar-refractivity contribution in [1.29, 1.82) is 0 Å². The Bertz CT molecular complexity index is 274. The van der Waals surface area contributed by atoms with E-state index in [2.05, 4.69) is 10.5 Å². The summed E-state index contributed by atoms with van der Waals surface area (Å²) >= 11 is 0. The fourth-order valence-corrected chi connectivity index (χ4v) is 2.00. The molecule has 0 radical (unpaired) electrons. The van der Waals surface area contributed by atoms with E-state index in [4.69, 9.17) is 19.0 Å². The van der Waals surface area contributed by atoms with Gasteiger partial charge in [0.25, 0.3) is 0 Å². The topological polar surface area (TPSA) is 61.3 Å². The van der Waals surface area contributed by atoms with E-state index in [0.717, 1.165) is 38.2 Å². The number of hydrogen-bond acceptors (Lipinski definition) is 6. The van der Waals surface area contributed by atoms with Crippen molar-refractivity contribution in [3.05, 3.63) is 0 Å². The standard InChI is InChI=1S/C13H24N2O4/c1-16-8-11(10-19-15-12-6-14-7-12)9-18-13-4-2-3-5-17-13/h11,13-14H,2-10H2,1H3. The second-order valence-corrected chi connectivity index (χ2v) is 5.01. The van der Waals surface area contributed by atoms with E-state index in [-0.39, 0.29) is 12.2 Å². The van der Waals surface area contributed by atoms with Gasteiger partial charge in [0, 0.05) is 32.7 Å². The highest BCUT2D eigenvalue weighted by Gasteiger charge is 2.18. The maximum absolute atomic E-state index is 5.75. The summed E-state index contributed by atoms with van der Waals surface area (Å²) in [7, 11) is 1.69. The van der Waals surface area contributed by atoms with Crippen LogP contribution in [0.3, 0.4) is 0 Å². The molecule has 0 saturated carbocycles. The normalized spacial score (nSPS) is 24.7. The molecular weight excluding hydrogens is 248 g/mol. The third-order valence-corrected chi connectivity index (χ3v) is 3.22. The van der Waals surface area contributed by atoms with Crippen molar-refractivity contribution in [3.63, 3.8) is 0 Å². The highest BCUT2D eigenvalue weighted by atomic mass is 16.7. The number of ether oxygens (including phenoxy) is 3. The van der Waals surface area contributed by atoms with E-state index >= 15 is 0 Å². The third-order valence-electron chi connectivity index (χ3n) is 3.22. The molecule has 0 aliphatic carbocycles. The summed E-state index contributed by atoms with van der Waals surface area (Å²) in [6.07, 6.45) is 3.23. The molecule has 2 saturated heterocycles. The molecule has 2 aliphatic heterocycles. The van der Waals surface area contributed by atoms with Crippen LogP contribution in [0.5, 0.6) is 0 Å². The van der Waals surface area contributed by atoms with Crippen LogP contribution in [-0.2, 0) is 19.0 Å². The van der Waals surface area contributed by atoms with Gasteiger partial charge in [0.2, 0.25) is 0 Å². The summed E-state index contributed by atoms with van der Waals surface area (Å²) in [5.41, 5.74) is 1.06. The van der Waals surface area contributed by atoms with Crippen LogP contribution in [0.2, 0.25) is 0 Å². The lowest BCUT2D eigenvalue weighted by molar-refractivity contribution is -0.174. The molecule has 0 spiro atoms. The number of hydrogen-bond donors (Lipinski definition) is 1. The summed E-state index contributed by atoms with van der Waals surface area (Å²) in [5, 5.41) is 7.17. The molecule has 2 heterocycles. The zero-order valence-electron chi connectivity index (χ0n) is 11.6. The summed E-state index contributed by atoms with van der Waals surface area (Å²) in [6, 6.07) is 0. The zero-order chi connectivity index (χ0) is 13.3. The Balaban J connectivity index is 1.62. The fourth-order valence-electron chi connectivity index (χ4n) is 2.00. The highest BCUT2D eigenvalue weighted by Crippen LogP contribution is 2.15. The Labute approximate surface area is 114 Å². The fraction of sp³-hybridized carbons (Fsp3) is 0.923. The second-order valence-electron chi connectivity index (χ2n) is 5.01. The highest BCUT2D eigenvalue weighted by molar-refractivity contribution is 5.92. The van der Waals surface area contributed by atoms with Gasteiger partial charge < -0.3 is 24.4 Å². The van der Waals surface area contributed by atoms with Crippen molar-refractivity contribution < 1.29 is 19.0 Å². The molecule has 0 aromatic rings. The minimum absolute atomic E-state index is 0.0600. The lowest BCUT2D eigenvalue weighted by atomic mass is 10.2. The van der Waals surface area contributed by atoms with E-state index in [1.54, 1.807) is 7.11 Å². The molecule has 110 valence electrons. The Hall–Kier alpha value is -0.690. The van der Waals surface area contributed by atoms with Gasteiger partial charge in [0.05, 0.1) is 18.9 Å². The number of oxime groups is 1. The summed E-state index contributed by atoms with van der Waals surface area (Å²) in [6.45, 7) is 4.18. The van der Waals surface area contributed by atoms with E-state index in [1.807, 2.05) is 0 Å². The average molecular weight is 272 g/mol. The van der Waals surface area contributed by atoms with Gasteiger partial charge in [-0.15, -0.1) is 0 Å². The zero-order valence-corrected chi connectivity index (χ0v) is 11.6. The van der Waals surface area contributed by atoms with Gasteiger partial charge in [-0.1, -0.05) is 5.16 Å². The molecule has 0 amide bonds. The van der Waals surface area contributed by atoms with E-state index in [1.165, 1.54) is 6.42 Å². The van der Waals surface area contributed by atoms with E-state index in [9.17, 15) is 0 Å². The van der Waals surface area contributed by atoms with Gasteiger partial charge in [0.15, 0.2) is 6.29 Å². The largest absolute Gasteiger partial charge is 0.395 e. The minimum Gasteiger partial charge on any atom is -0.395 e. The lowest BCUT2D eigenvalue weighted by Gasteiger charge is -2.25. The smallest absolute Gasteiger partial charge is 0.157 e. The molecule has 0 bridgehead atoms. The quantitative estimate of drug-likeness (QED) is 0.661. The molecule has 2 aliphatic rings. The first kappa shape index (κ1) is 14.7. The first-order valence-electron chi connectivity index (χ1n) is 6.99. The molecule has 2 rings (SSSR count). The Morgan fingerprint density at radius 2 is 2.21 bits per heavy atom. The maximum Gasteiger partial charge on any atom is 0.157 e. The molecule has 19 heavy (non-hydrogen) atoms. The SMILES string of the molecule is COCC(CON=C1CNC1)COC1CCCCO1. The molecule has 1 N–H and O–H groups in total. The maximum atomic E-state index is 5.75. The predicted molar refractivity (Wildman–Crippen MR) is 71.2 cm³/mol. The summed E-state index contributed by atoms with van der Waals surface area (Å²) in [4.78, 5) is 5.34. The van der Waals surface area contributed by atoms with Crippen molar-refractivity contribution in [2.75, 3.05) is 46.6 Å². The van der Waals surface area contributed by atoms with E-state index in [0.29, 0.717) is 19.8 Å². The van der Waals surface area contributed by atoms with Crippen molar-refractivity contribution in [3.8, 4) is 0 Å². The number of nitrogens with zero attached hydrogens (tertiary/aromatic N) is 1. The first-order chi connectivity index (χ1) is 9.38. The van der Waals surface area contributed by atoms with Crippen molar-refractivity contribution in [1.82, 2.24) is 5.32 Å². The van der Waals surface area contributed by atoms with Crippen molar-refractivity contribution >= 4 is 5.71 Å². The predicted octanol–water partition coefficient (Wildman–Crippen LogP) is 0.768. The van der Waals surface area contributed by atoms with Gasteiger partial charge in [-0.25, -0.2) is 0 Å². The number of methoxy groups -OCH3 is 1. The second kappa shape index (κ2) is 8.47. The van der Waals surface area contributed by atoms with Gasteiger partial charge >= 0.3 is 0 Å². The van der Waals surface area contributed by atoms with Crippen LogP contribution in [0.25, 0.3) is 0 Å². The van der Waals surface area contributed by atoms with Crippen LogP contribution in [0.4, 0.5) is 0 Å². The van der Waals surface area contributed by atoms with Gasteiger partial charge in [-0.3, -0.25) is 0 Å². The number of rotatable bonds is 8. The van der Waals surface area contributed by atoms with Crippen LogP contribution in [0, 0.1) is 5.92 Å². The van der Waals surface area contributed by atoms with Crippen molar-refractivity contribution in [2.24, 2.45) is 11.1 Å². The molecule has 0 aromatic carbocycles. The van der Waals surface area contributed by atoms with Gasteiger partial charge in [-0.2, -0.15) is 0 Å². The lowest BCUT2D eigenvalue weighted by Crippen LogP contribution is -2.42. The van der Waals surface area contributed by atoms with Crippen LogP contribution in [0.1, 0.15) is 19.3 Å². The average Bonchev–Trinajstić information content (AvgIpc) is 2.40. The number of nitrogens with one attached hydrogen (secondary N) is 1. The van der Waals surface area contributed by atoms with Crippen LogP contribution < -0.4 is 5.32 Å².